The summed E-state index contributed by atoms with van der Waals surface area (Å²) in [4.78, 5) is 0. The molecule has 0 aliphatic carbocycles. The molecular formula is C17H17BrClF. The molecule has 0 radical (unpaired) electrons. The van der Waals surface area contributed by atoms with Crippen LogP contribution in [0, 0.1) is 11.7 Å². The quantitative estimate of drug-likeness (QED) is 0.580. The van der Waals surface area contributed by atoms with Gasteiger partial charge in [0.2, 0.25) is 0 Å². The summed E-state index contributed by atoms with van der Waals surface area (Å²) in [6.45, 7) is 4.38. The first-order valence-corrected chi connectivity index (χ1v) is 7.88. The van der Waals surface area contributed by atoms with Crippen molar-refractivity contribution in [3.63, 3.8) is 0 Å². The predicted molar refractivity (Wildman–Crippen MR) is 86.8 cm³/mol. The third-order valence-corrected chi connectivity index (χ3v) is 4.27. The highest BCUT2D eigenvalue weighted by atomic mass is 79.9. The summed E-state index contributed by atoms with van der Waals surface area (Å²) in [5.41, 5.74) is 2.69. The Bertz CT molecular complexity index is 578. The van der Waals surface area contributed by atoms with Gasteiger partial charge in [-0.2, -0.15) is 0 Å². The van der Waals surface area contributed by atoms with E-state index in [-0.39, 0.29) is 5.82 Å². The smallest absolute Gasteiger partial charge is 0.142 e. The molecular weight excluding hydrogens is 339 g/mol. The van der Waals surface area contributed by atoms with Crippen LogP contribution in [0.1, 0.15) is 35.9 Å². The van der Waals surface area contributed by atoms with Gasteiger partial charge in [0.25, 0.3) is 0 Å². The van der Waals surface area contributed by atoms with Crippen molar-refractivity contribution in [1.82, 2.24) is 0 Å². The van der Waals surface area contributed by atoms with Crippen LogP contribution >= 0.6 is 27.5 Å². The van der Waals surface area contributed by atoms with Crippen molar-refractivity contribution in [1.29, 1.82) is 0 Å². The van der Waals surface area contributed by atoms with Gasteiger partial charge >= 0.3 is 0 Å². The SMILES string of the molecule is CC(C)Cc1ccc(C(Cl)c2cccc(Br)c2F)cc1. The van der Waals surface area contributed by atoms with Crippen molar-refractivity contribution in [2.75, 3.05) is 0 Å². The maximum Gasteiger partial charge on any atom is 0.142 e. The van der Waals surface area contributed by atoms with Crippen molar-refractivity contribution in [2.45, 2.75) is 25.6 Å². The maximum atomic E-state index is 14.1. The van der Waals surface area contributed by atoms with E-state index in [9.17, 15) is 4.39 Å². The third-order valence-electron chi connectivity index (χ3n) is 3.17. The van der Waals surface area contributed by atoms with Gasteiger partial charge in [0, 0.05) is 5.56 Å². The first-order valence-electron chi connectivity index (χ1n) is 6.66. The molecule has 0 aromatic heterocycles. The molecule has 0 N–H and O–H groups in total. The molecule has 106 valence electrons. The minimum atomic E-state index is -0.472. The molecule has 0 amide bonds. The van der Waals surface area contributed by atoms with Crippen LogP contribution in [0.2, 0.25) is 0 Å². The third kappa shape index (κ3) is 3.62. The van der Waals surface area contributed by atoms with E-state index in [1.165, 1.54) is 5.56 Å². The Hall–Kier alpha value is -0.860. The van der Waals surface area contributed by atoms with Gasteiger partial charge in [0.15, 0.2) is 0 Å². The average molecular weight is 356 g/mol. The van der Waals surface area contributed by atoms with E-state index in [2.05, 4.69) is 41.9 Å². The zero-order chi connectivity index (χ0) is 14.7. The van der Waals surface area contributed by atoms with E-state index in [0.717, 1.165) is 12.0 Å². The summed E-state index contributed by atoms with van der Waals surface area (Å²) in [5, 5.41) is -0.472. The molecule has 0 aliphatic heterocycles. The second kappa shape index (κ2) is 6.73. The Morgan fingerprint density at radius 1 is 1.10 bits per heavy atom. The van der Waals surface area contributed by atoms with Gasteiger partial charge < -0.3 is 0 Å². The van der Waals surface area contributed by atoms with Crippen molar-refractivity contribution < 1.29 is 4.39 Å². The van der Waals surface area contributed by atoms with Gasteiger partial charge in [0.1, 0.15) is 5.82 Å². The number of halogens is 3. The molecule has 2 rings (SSSR count). The molecule has 1 atom stereocenters. The van der Waals surface area contributed by atoms with Gasteiger partial charge in [-0.15, -0.1) is 11.6 Å². The molecule has 2 aromatic rings. The van der Waals surface area contributed by atoms with Crippen molar-refractivity contribution >= 4 is 27.5 Å². The zero-order valence-electron chi connectivity index (χ0n) is 11.5. The Morgan fingerprint density at radius 3 is 2.35 bits per heavy atom. The van der Waals surface area contributed by atoms with Gasteiger partial charge in [-0.3, -0.25) is 0 Å². The summed E-state index contributed by atoms with van der Waals surface area (Å²) in [7, 11) is 0. The van der Waals surface area contributed by atoms with Crippen LogP contribution in [0.15, 0.2) is 46.9 Å². The van der Waals surface area contributed by atoms with E-state index < -0.39 is 5.38 Å². The van der Waals surface area contributed by atoms with Gasteiger partial charge in [-0.05, 0) is 45.5 Å². The summed E-state index contributed by atoms with van der Waals surface area (Å²) >= 11 is 9.60. The number of hydrogen-bond acceptors (Lipinski definition) is 0. The highest BCUT2D eigenvalue weighted by molar-refractivity contribution is 9.10. The van der Waals surface area contributed by atoms with Crippen LogP contribution in [0.5, 0.6) is 0 Å². The first-order chi connectivity index (χ1) is 9.49. The topological polar surface area (TPSA) is 0 Å². The number of rotatable bonds is 4. The minimum absolute atomic E-state index is 0.293. The van der Waals surface area contributed by atoms with Crippen LogP contribution in [-0.4, -0.2) is 0 Å². The second-order valence-electron chi connectivity index (χ2n) is 5.35. The van der Waals surface area contributed by atoms with Gasteiger partial charge in [-0.25, -0.2) is 4.39 Å². The Labute approximate surface area is 133 Å². The first kappa shape index (κ1) is 15.5. The Balaban J connectivity index is 2.25. The fourth-order valence-corrected chi connectivity index (χ4v) is 2.89. The lowest BCUT2D eigenvalue weighted by Gasteiger charge is -2.13. The number of hydrogen-bond donors (Lipinski definition) is 0. The molecule has 2 aromatic carbocycles. The van der Waals surface area contributed by atoms with Crippen LogP contribution in [0.4, 0.5) is 4.39 Å². The standard InChI is InChI=1S/C17H17BrClF/c1-11(2)10-12-6-8-13(9-7-12)16(19)14-4-3-5-15(18)17(14)20/h3-9,11,16H,10H2,1-2H3. The van der Waals surface area contributed by atoms with Gasteiger partial charge in [0.05, 0.1) is 9.85 Å². The molecule has 0 bridgehead atoms. The van der Waals surface area contributed by atoms with Crippen molar-refractivity contribution in [2.24, 2.45) is 5.92 Å². The van der Waals surface area contributed by atoms with E-state index in [0.29, 0.717) is 16.0 Å². The Kier molecular flexibility index (Phi) is 5.22. The van der Waals surface area contributed by atoms with Crippen LogP contribution < -0.4 is 0 Å². The minimum Gasteiger partial charge on any atom is -0.205 e. The second-order valence-corrected chi connectivity index (χ2v) is 6.64. The Morgan fingerprint density at radius 2 is 1.75 bits per heavy atom. The lowest BCUT2D eigenvalue weighted by Crippen LogP contribution is -1.99. The summed E-state index contributed by atoms with van der Waals surface area (Å²) in [6.07, 6.45) is 1.04. The average Bonchev–Trinajstić information content (AvgIpc) is 2.41. The highest BCUT2D eigenvalue weighted by Gasteiger charge is 2.16. The van der Waals surface area contributed by atoms with Crippen LogP contribution in [-0.2, 0) is 6.42 Å². The summed E-state index contributed by atoms with van der Waals surface area (Å²) in [5.74, 6) is 0.328. The van der Waals surface area contributed by atoms with Gasteiger partial charge in [-0.1, -0.05) is 50.2 Å². The molecule has 20 heavy (non-hydrogen) atoms. The zero-order valence-corrected chi connectivity index (χ0v) is 13.9. The molecule has 0 saturated heterocycles. The normalized spacial score (nSPS) is 12.7. The maximum absolute atomic E-state index is 14.1. The largest absolute Gasteiger partial charge is 0.205 e. The molecule has 0 nitrogen and oxygen atoms in total. The number of alkyl halides is 1. The monoisotopic (exact) mass is 354 g/mol. The molecule has 1 unspecified atom stereocenters. The van der Waals surface area contributed by atoms with Crippen LogP contribution in [0.3, 0.4) is 0 Å². The van der Waals surface area contributed by atoms with Crippen LogP contribution in [0.25, 0.3) is 0 Å². The highest BCUT2D eigenvalue weighted by Crippen LogP contribution is 2.33. The lowest BCUT2D eigenvalue weighted by atomic mass is 9.99. The molecule has 0 fully saturated rings. The van der Waals surface area contributed by atoms with E-state index >= 15 is 0 Å². The predicted octanol–water partition coefficient (Wildman–Crippen LogP) is 6.11. The van der Waals surface area contributed by atoms with E-state index in [1.54, 1.807) is 18.2 Å². The van der Waals surface area contributed by atoms with Crippen molar-refractivity contribution in [3.8, 4) is 0 Å². The summed E-state index contributed by atoms with van der Waals surface area (Å²) < 4.78 is 14.5. The lowest BCUT2D eigenvalue weighted by molar-refractivity contribution is 0.605. The molecule has 0 spiro atoms. The van der Waals surface area contributed by atoms with E-state index in [4.69, 9.17) is 11.6 Å². The van der Waals surface area contributed by atoms with Crippen molar-refractivity contribution in [3.05, 3.63) is 69.4 Å². The molecule has 0 aliphatic rings. The molecule has 0 heterocycles. The summed E-state index contributed by atoms with van der Waals surface area (Å²) in [6, 6.07) is 13.3. The fourth-order valence-electron chi connectivity index (χ4n) is 2.19. The fraction of sp³-hybridized carbons (Fsp3) is 0.294. The number of benzene rings is 2. The van der Waals surface area contributed by atoms with E-state index in [1.807, 2.05) is 12.1 Å². The molecule has 0 saturated carbocycles. The molecule has 3 heteroatoms.